The number of carbonyl (C=O) groups is 1. The van der Waals surface area contributed by atoms with Crippen molar-refractivity contribution in [3.05, 3.63) is 99.6 Å². The molecule has 0 amide bonds. The first-order valence-corrected chi connectivity index (χ1v) is 7.73. The Morgan fingerprint density at radius 1 is 1.20 bits per heavy atom. The van der Waals surface area contributed by atoms with Crippen LogP contribution in [-0.2, 0) is 15.1 Å². The first-order valence-electron chi connectivity index (χ1n) is 7.73. The van der Waals surface area contributed by atoms with Crippen molar-refractivity contribution in [1.82, 2.24) is 0 Å². The molecule has 0 radical (unpaired) electrons. The van der Waals surface area contributed by atoms with Crippen molar-refractivity contribution in [1.29, 1.82) is 0 Å². The quantitative estimate of drug-likeness (QED) is 0.433. The van der Waals surface area contributed by atoms with Gasteiger partial charge < -0.3 is 19.7 Å². The first kappa shape index (κ1) is 13.9. The van der Waals surface area contributed by atoms with Gasteiger partial charge in [0.15, 0.2) is 5.57 Å². The number of aliphatic hydroxyl groups is 2. The van der Waals surface area contributed by atoms with Gasteiger partial charge in [0.25, 0.3) is 11.5 Å². The van der Waals surface area contributed by atoms with E-state index >= 15 is 0 Å². The number of esters is 1. The molecule has 1 atom stereocenters. The van der Waals surface area contributed by atoms with Crippen LogP contribution in [0.25, 0.3) is 0 Å². The number of hydrogen-bond acceptors (Lipinski definition) is 5. The van der Waals surface area contributed by atoms with E-state index < -0.39 is 11.6 Å². The number of hydrogen-bond donors (Lipinski definition) is 2. The van der Waals surface area contributed by atoms with E-state index in [1.165, 1.54) is 6.08 Å². The van der Waals surface area contributed by atoms with Gasteiger partial charge in [0.05, 0.1) is 23.6 Å². The van der Waals surface area contributed by atoms with Crippen molar-refractivity contribution >= 4 is 5.97 Å². The van der Waals surface area contributed by atoms with E-state index in [4.69, 9.17) is 9.47 Å². The van der Waals surface area contributed by atoms with E-state index in [0.29, 0.717) is 33.8 Å². The van der Waals surface area contributed by atoms with Gasteiger partial charge in [0.2, 0.25) is 5.60 Å². The molecule has 1 aromatic rings. The molecule has 0 fully saturated rings. The standard InChI is InChI=1S/C20H10O5/c21-11-5-7-15-17(9-11)24-18-10-12(22)6-8-16(18)20(15)14-4-2-1-3-13(14)19(23)25-20/h1-4,7-9H,10H2,(H-,21,22)/p+1. The Bertz CT molecular complexity index is 1040. The molecular formula is C20H11O5+. The highest BCUT2D eigenvalue weighted by molar-refractivity contribution is 5.96. The summed E-state index contributed by atoms with van der Waals surface area (Å²) in [6, 6.07) is 7.16. The molecule has 25 heavy (non-hydrogen) atoms. The molecule has 1 unspecified atom stereocenters. The van der Waals surface area contributed by atoms with Crippen LogP contribution in [0.4, 0.5) is 0 Å². The van der Waals surface area contributed by atoms with Crippen LogP contribution in [0.15, 0.2) is 82.4 Å². The molecule has 2 N–H and O–H groups in total. The van der Waals surface area contributed by atoms with Gasteiger partial charge in [-0.2, -0.15) is 0 Å². The zero-order chi connectivity index (χ0) is 17.2. The molecule has 4 aliphatic rings. The Kier molecular flexibility index (Phi) is 2.51. The molecule has 2 aliphatic heterocycles. The van der Waals surface area contributed by atoms with Crippen LogP contribution in [0.2, 0.25) is 0 Å². The molecule has 0 aromatic heterocycles. The molecule has 0 saturated carbocycles. The zero-order valence-electron chi connectivity index (χ0n) is 12.9. The Labute approximate surface area is 142 Å². The molecule has 1 spiro atoms. The lowest BCUT2D eigenvalue weighted by atomic mass is 9.74. The molecule has 120 valence electrons. The third-order valence-electron chi connectivity index (χ3n) is 4.67. The average Bonchev–Trinajstić information content (AvgIpc) is 2.88. The van der Waals surface area contributed by atoms with Crippen LogP contribution in [0.3, 0.4) is 0 Å². The highest BCUT2D eigenvalue weighted by Gasteiger charge is 2.59. The van der Waals surface area contributed by atoms with Crippen LogP contribution >= 0.6 is 0 Å². The maximum absolute atomic E-state index is 12.5. The Morgan fingerprint density at radius 2 is 2.04 bits per heavy atom. The Balaban J connectivity index is 1.86. The van der Waals surface area contributed by atoms with E-state index in [0.717, 1.165) is 0 Å². The summed E-state index contributed by atoms with van der Waals surface area (Å²) in [7, 11) is 0. The van der Waals surface area contributed by atoms with E-state index in [9.17, 15) is 15.0 Å². The van der Waals surface area contributed by atoms with E-state index in [2.05, 4.69) is 11.8 Å². The Morgan fingerprint density at radius 3 is 2.92 bits per heavy atom. The highest BCUT2D eigenvalue weighted by atomic mass is 16.6. The fourth-order valence-corrected chi connectivity index (χ4v) is 3.64. The van der Waals surface area contributed by atoms with E-state index in [-0.39, 0.29) is 17.9 Å². The van der Waals surface area contributed by atoms with E-state index in [1.54, 1.807) is 24.3 Å². The predicted molar refractivity (Wildman–Crippen MR) is 86.0 cm³/mol. The van der Waals surface area contributed by atoms with Crippen molar-refractivity contribution in [2.24, 2.45) is 0 Å². The van der Waals surface area contributed by atoms with Gasteiger partial charge in [-0.3, -0.25) is 0 Å². The molecule has 0 bridgehead atoms. The van der Waals surface area contributed by atoms with Gasteiger partial charge in [-0.1, -0.05) is 23.9 Å². The van der Waals surface area contributed by atoms with Crippen molar-refractivity contribution < 1.29 is 24.5 Å². The SMILES string of the molecule is O=C1OC2(C3=C(C=C(O)[C+]=C3)OC3=C2C=C=C(O)C3)c2ccccc21. The summed E-state index contributed by atoms with van der Waals surface area (Å²) in [4.78, 5) is 12.5. The largest absolute Gasteiger partial charge is 0.504 e. The third-order valence-corrected chi connectivity index (χ3v) is 4.67. The van der Waals surface area contributed by atoms with Crippen molar-refractivity contribution in [3.8, 4) is 0 Å². The lowest BCUT2D eigenvalue weighted by molar-refractivity contribution is 0.0189. The van der Waals surface area contributed by atoms with Crippen molar-refractivity contribution in [2.75, 3.05) is 0 Å². The minimum atomic E-state index is -1.20. The number of fused-ring (bicyclic) bond motifs is 4. The molecule has 5 nitrogen and oxygen atoms in total. The summed E-state index contributed by atoms with van der Waals surface area (Å²) >= 11 is 0. The van der Waals surface area contributed by atoms with Crippen molar-refractivity contribution in [3.63, 3.8) is 0 Å². The first-order chi connectivity index (χ1) is 12.1. The van der Waals surface area contributed by atoms with Gasteiger partial charge in [0, 0.05) is 5.56 Å². The van der Waals surface area contributed by atoms with Gasteiger partial charge >= 0.3 is 5.97 Å². The summed E-state index contributed by atoms with van der Waals surface area (Å²) in [5.74, 6) is 0.334. The van der Waals surface area contributed by atoms with Gasteiger partial charge in [0.1, 0.15) is 23.7 Å². The number of aliphatic hydroxyl groups excluding tert-OH is 2. The number of carbonyl (C=O) groups excluding carboxylic acids is 1. The third kappa shape index (κ3) is 1.68. The zero-order valence-corrected chi connectivity index (χ0v) is 12.9. The van der Waals surface area contributed by atoms with Gasteiger partial charge in [-0.25, -0.2) is 4.79 Å². The number of allylic oxidation sites excluding steroid dienone is 2. The molecular weight excluding hydrogens is 320 g/mol. The van der Waals surface area contributed by atoms with Gasteiger partial charge in [-0.15, -0.1) is 0 Å². The molecule has 2 heterocycles. The lowest BCUT2D eigenvalue weighted by Crippen LogP contribution is -2.36. The van der Waals surface area contributed by atoms with Crippen LogP contribution in [0.5, 0.6) is 0 Å². The molecule has 0 saturated heterocycles. The molecule has 1 aromatic carbocycles. The van der Waals surface area contributed by atoms with Gasteiger partial charge in [-0.05, 0) is 12.1 Å². The normalized spacial score (nSPS) is 25.5. The smallest absolute Gasteiger partial charge is 0.341 e. The Hall–Kier alpha value is -3.52. The second-order valence-corrected chi connectivity index (χ2v) is 6.06. The van der Waals surface area contributed by atoms with Crippen molar-refractivity contribution in [2.45, 2.75) is 12.0 Å². The maximum atomic E-state index is 12.5. The summed E-state index contributed by atoms with van der Waals surface area (Å²) < 4.78 is 11.8. The van der Waals surface area contributed by atoms with Crippen LogP contribution in [0.1, 0.15) is 22.3 Å². The van der Waals surface area contributed by atoms with Crippen LogP contribution in [0, 0.1) is 6.08 Å². The fourth-order valence-electron chi connectivity index (χ4n) is 3.64. The molecule has 5 heteroatoms. The summed E-state index contributed by atoms with van der Waals surface area (Å²) in [6.07, 6.45) is 7.44. The number of rotatable bonds is 0. The van der Waals surface area contributed by atoms with Crippen LogP contribution < -0.4 is 0 Å². The van der Waals surface area contributed by atoms with E-state index in [1.807, 2.05) is 12.1 Å². The predicted octanol–water partition coefficient (Wildman–Crippen LogP) is 3.41. The monoisotopic (exact) mass is 331 g/mol. The minimum absolute atomic E-state index is 0.0293. The minimum Gasteiger partial charge on any atom is -0.504 e. The lowest BCUT2D eigenvalue weighted by Gasteiger charge is -2.34. The topological polar surface area (TPSA) is 76.0 Å². The number of ether oxygens (including phenoxy) is 2. The second kappa shape index (κ2) is 4.52. The molecule has 5 rings (SSSR count). The maximum Gasteiger partial charge on any atom is 0.341 e. The number of benzene rings is 1. The summed E-state index contributed by atoms with van der Waals surface area (Å²) in [6.45, 7) is 0. The highest BCUT2D eigenvalue weighted by Crippen LogP contribution is 2.54. The fraction of sp³-hybridized carbons (Fsp3) is 0.100. The summed E-state index contributed by atoms with van der Waals surface area (Å²) in [5.41, 5.74) is 3.92. The molecule has 2 aliphatic carbocycles. The second-order valence-electron chi connectivity index (χ2n) is 6.06. The average molecular weight is 331 g/mol. The van der Waals surface area contributed by atoms with Crippen LogP contribution in [-0.4, -0.2) is 16.2 Å². The summed E-state index contributed by atoms with van der Waals surface area (Å²) in [5, 5.41) is 19.6.